The molecule has 2 saturated heterocycles. The fourth-order valence-corrected chi connectivity index (χ4v) is 5.32. The number of carbonyl (C=O) groups is 2. The first-order valence-electron chi connectivity index (χ1n) is 11.6. The third kappa shape index (κ3) is 5.04. The molecule has 33 heavy (non-hydrogen) atoms. The maximum Gasteiger partial charge on any atom is 0.413 e. The van der Waals surface area contributed by atoms with E-state index >= 15 is 0 Å². The van der Waals surface area contributed by atoms with Crippen LogP contribution in [0, 0.1) is 0 Å². The van der Waals surface area contributed by atoms with E-state index in [2.05, 4.69) is 15.5 Å². The van der Waals surface area contributed by atoms with Gasteiger partial charge in [-0.05, 0) is 51.7 Å². The van der Waals surface area contributed by atoms with Gasteiger partial charge < -0.3 is 25.0 Å². The molecule has 0 aliphatic carbocycles. The van der Waals surface area contributed by atoms with Crippen LogP contribution in [0.3, 0.4) is 0 Å². The molecule has 4 rings (SSSR count). The number of para-hydroxylation sites is 1. The van der Waals surface area contributed by atoms with Crippen molar-refractivity contribution in [2.24, 2.45) is 0 Å². The Labute approximate surface area is 192 Å². The molecule has 3 heterocycles. The van der Waals surface area contributed by atoms with Crippen molar-refractivity contribution in [2.45, 2.75) is 69.8 Å². The van der Waals surface area contributed by atoms with Crippen LogP contribution in [-0.2, 0) is 4.79 Å². The number of hydrogen-bond donors (Lipinski definition) is 3. The SMILES string of the molecule is CC(C)n1c(=O)c(OC(=O)N[C@@H]2C[C@H]3CC[C@@H](C2)N3CC(O)CNC=O)cc2ccccc21. The largest absolute Gasteiger partial charge is 0.413 e. The number of aliphatic hydroxyl groups is 1. The number of ether oxygens (including phenoxy) is 1. The zero-order valence-corrected chi connectivity index (χ0v) is 19.1. The molecular weight excluding hydrogens is 424 g/mol. The van der Waals surface area contributed by atoms with E-state index in [0.717, 1.165) is 36.6 Å². The lowest BCUT2D eigenvalue weighted by Gasteiger charge is -2.39. The number of nitrogens with zero attached hydrogens (tertiary/aromatic N) is 2. The van der Waals surface area contributed by atoms with E-state index in [-0.39, 0.29) is 42.0 Å². The summed E-state index contributed by atoms with van der Waals surface area (Å²) < 4.78 is 7.14. The number of fused-ring (bicyclic) bond motifs is 3. The first-order valence-corrected chi connectivity index (χ1v) is 11.6. The van der Waals surface area contributed by atoms with Crippen LogP contribution in [0.2, 0.25) is 0 Å². The van der Waals surface area contributed by atoms with Crippen molar-refractivity contribution in [2.75, 3.05) is 13.1 Å². The second-order valence-electron chi connectivity index (χ2n) is 9.30. The predicted molar refractivity (Wildman–Crippen MR) is 124 cm³/mol. The second kappa shape index (κ2) is 9.93. The van der Waals surface area contributed by atoms with Gasteiger partial charge in [0.2, 0.25) is 6.41 Å². The van der Waals surface area contributed by atoms with Gasteiger partial charge in [0.15, 0.2) is 5.75 Å². The summed E-state index contributed by atoms with van der Waals surface area (Å²) in [7, 11) is 0. The van der Waals surface area contributed by atoms with Crippen LogP contribution >= 0.6 is 0 Å². The van der Waals surface area contributed by atoms with E-state index in [1.165, 1.54) is 0 Å². The molecule has 0 radical (unpaired) electrons. The summed E-state index contributed by atoms with van der Waals surface area (Å²) in [5, 5.41) is 16.4. The Morgan fingerprint density at radius 1 is 1.24 bits per heavy atom. The molecule has 3 N–H and O–H groups in total. The van der Waals surface area contributed by atoms with Crippen molar-refractivity contribution in [1.82, 2.24) is 20.1 Å². The summed E-state index contributed by atoms with van der Waals surface area (Å²) in [4.78, 5) is 38.4. The van der Waals surface area contributed by atoms with Crippen molar-refractivity contribution in [3.8, 4) is 5.75 Å². The number of hydrogen-bond acceptors (Lipinski definition) is 6. The lowest BCUT2D eigenvalue weighted by atomic mass is 9.97. The fourth-order valence-electron chi connectivity index (χ4n) is 5.32. The average Bonchev–Trinajstić information content (AvgIpc) is 3.00. The lowest BCUT2D eigenvalue weighted by Crippen LogP contribution is -2.53. The first-order chi connectivity index (χ1) is 15.9. The van der Waals surface area contributed by atoms with Crippen LogP contribution in [0.5, 0.6) is 5.75 Å². The minimum atomic E-state index is -0.621. The van der Waals surface area contributed by atoms with Gasteiger partial charge in [-0.25, -0.2) is 4.79 Å². The number of pyridine rings is 1. The van der Waals surface area contributed by atoms with Gasteiger partial charge in [-0.2, -0.15) is 0 Å². The number of carbonyl (C=O) groups excluding carboxylic acids is 2. The number of amides is 2. The molecule has 9 nitrogen and oxygen atoms in total. The van der Waals surface area contributed by atoms with Crippen LogP contribution in [-0.4, -0.2) is 64.4 Å². The maximum absolute atomic E-state index is 13.0. The summed E-state index contributed by atoms with van der Waals surface area (Å²) in [6.45, 7) is 4.58. The summed E-state index contributed by atoms with van der Waals surface area (Å²) >= 11 is 0. The average molecular weight is 457 g/mol. The summed E-state index contributed by atoms with van der Waals surface area (Å²) in [6.07, 6.45) is 2.88. The first kappa shape index (κ1) is 23.3. The van der Waals surface area contributed by atoms with Gasteiger partial charge in [-0.15, -0.1) is 0 Å². The Balaban J connectivity index is 1.40. The highest BCUT2D eigenvalue weighted by atomic mass is 16.6. The van der Waals surface area contributed by atoms with Gasteiger partial charge in [-0.3, -0.25) is 14.5 Å². The van der Waals surface area contributed by atoms with Crippen LogP contribution in [0.4, 0.5) is 4.79 Å². The molecule has 0 spiro atoms. The maximum atomic E-state index is 13.0. The number of aliphatic hydroxyl groups excluding tert-OH is 1. The Hall–Kier alpha value is -2.91. The third-order valence-electron chi connectivity index (χ3n) is 6.70. The fraction of sp³-hybridized carbons (Fsp3) is 0.542. The van der Waals surface area contributed by atoms with Gasteiger partial charge in [-0.1, -0.05) is 18.2 Å². The van der Waals surface area contributed by atoms with E-state index in [0.29, 0.717) is 13.0 Å². The van der Waals surface area contributed by atoms with Gasteiger partial charge in [0.05, 0.1) is 11.6 Å². The molecule has 178 valence electrons. The Morgan fingerprint density at radius 2 is 1.94 bits per heavy atom. The zero-order valence-electron chi connectivity index (χ0n) is 19.1. The van der Waals surface area contributed by atoms with Gasteiger partial charge in [0, 0.05) is 42.6 Å². The van der Waals surface area contributed by atoms with E-state index in [9.17, 15) is 19.5 Å². The van der Waals surface area contributed by atoms with Crippen LogP contribution in [0.25, 0.3) is 10.9 Å². The molecule has 2 amide bonds. The molecule has 1 aromatic heterocycles. The molecular formula is C24H32N4O5. The highest BCUT2D eigenvalue weighted by molar-refractivity contribution is 5.81. The Kier molecular flexibility index (Phi) is 6.99. The van der Waals surface area contributed by atoms with Gasteiger partial charge >= 0.3 is 6.09 Å². The summed E-state index contributed by atoms with van der Waals surface area (Å²) in [5.41, 5.74) is 0.478. The summed E-state index contributed by atoms with van der Waals surface area (Å²) in [5.74, 6) is 0.0195. The van der Waals surface area contributed by atoms with Gasteiger partial charge in [0.25, 0.3) is 5.56 Å². The number of aromatic nitrogens is 1. The second-order valence-corrected chi connectivity index (χ2v) is 9.30. The van der Waals surface area contributed by atoms with Crippen LogP contribution in [0.15, 0.2) is 35.1 Å². The minimum Gasteiger partial charge on any atom is -0.404 e. The number of benzene rings is 1. The van der Waals surface area contributed by atoms with Crippen LogP contribution < -0.4 is 20.9 Å². The smallest absolute Gasteiger partial charge is 0.404 e. The van der Waals surface area contributed by atoms with Crippen molar-refractivity contribution in [1.29, 1.82) is 0 Å². The van der Waals surface area contributed by atoms with E-state index in [1.807, 2.05) is 38.1 Å². The lowest BCUT2D eigenvalue weighted by molar-refractivity contribution is -0.110. The molecule has 2 aliphatic rings. The molecule has 4 atom stereocenters. The summed E-state index contributed by atoms with van der Waals surface area (Å²) in [6, 6.07) is 9.56. The van der Waals surface area contributed by atoms with Crippen molar-refractivity contribution >= 4 is 23.4 Å². The highest BCUT2D eigenvalue weighted by Crippen LogP contribution is 2.35. The third-order valence-corrected chi connectivity index (χ3v) is 6.70. The normalized spacial score (nSPS) is 23.5. The standard InChI is InChI=1S/C24H32N4O5/c1-15(2)28-21-6-4-3-5-16(21)9-22(23(28)31)33-24(32)26-17-10-18-7-8-19(11-17)27(18)13-20(30)12-25-14-29/h3-6,9,14-15,17-20,30H,7-8,10-13H2,1-2H3,(H,25,29)(H,26,32)/t17-,18-,19+,20?. The minimum absolute atomic E-state index is 0.0195. The van der Waals surface area contributed by atoms with Crippen molar-refractivity contribution in [3.63, 3.8) is 0 Å². The van der Waals surface area contributed by atoms with E-state index in [4.69, 9.17) is 4.74 Å². The Morgan fingerprint density at radius 3 is 2.61 bits per heavy atom. The molecule has 2 aliphatic heterocycles. The molecule has 2 bridgehead atoms. The molecule has 9 heteroatoms. The van der Waals surface area contributed by atoms with Crippen molar-refractivity contribution in [3.05, 3.63) is 40.7 Å². The molecule has 1 unspecified atom stereocenters. The molecule has 0 saturated carbocycles. The van der Waals surface area contributed by atoms with Gasteiger partial charge in [0.1, 0.15) is 0 Å². The predicted octanol–water partition coefficient (Wildman–Crippen LogP) is 1.77. The molecule has 2 fully saturated rings. The molecule has 1 aromatic carbocycles. The number of nitrogens with one attached hydrogen (secondary N) is 2. The topological polar surface area (TPSA) is 113 Å². The van der Waals surface area contributed by atoms with Crippen molar-refractivity contribution < 1.29 is 19.4 Å². The highest BCUT2D eigenvalue weighted by Gasteiger charge is 2.41. The van der Waals surface area contributed by atoms with E-state index in [1.54, 1.807) is 10.6 Å². The monoisotopic (exact) mass is 456 g/mol. The number of piperidine rings is 1. The quantitative estimate of drug-likeness (QED) is 0.522. The van der Waals surface area contributed by atoms with E-state index < -0.39 is 12.2 Å². The van der Waals surface area contributed by atoms with Crippen LogP contribution in [0.1, 0.15) is 45.6 Å². The Bertz CT molecular complexity index is 1050. The zero-order chi connectivity index (χ0) is 23.5. The molecule has 2 aromatic rings. The number of rotatable bonds is 8.